The Hall–Kier alpha value is -6.21. The zero-order valence-corrected chi connectivity index (χ0v) is 27.5. The van der Waals surface area contributed by atoms with E-state index in [0.29, 0.717) is 60.4 Å². The van der Waals surface area contributed by atoms with Crippen LogP contribution in [0.1, 0.15) is 62.4 Å². The largest absolute Gasteiger partial charge is 0.419 e. The highest BCUT2D eigenvalue weighted by Crippen LogP contribution is 2.62. The Bertz CT molecular complexity index is 2540. The number of aryl methyl sites for hydroxylation is 1. The van der Waals surface area contributed by atoms with Crippen molar-refractivity contribution in [3.8, 4) is 46.5 Å². The Balaban J connectivity index is 1.42. The lowest BCUT2D eigenvalue weighted by molar-refractivity contribution is -0.140. The SMILES string of the molecule is CCc1ccc(C2C=CC3=C(C2)C(=C(C#N)C#N)c2sc4c(c23)-c2ccc(-c3ccc(F)c(C(F)(F)F)c3)cc2C4=C(C#N)C#N)cc1C(F)(F)F. The first kappa shape index (κ1) is 34.2. The molecular formula is C40H19F7N4S. The zero-order valence-electron chi connectivity index (χ0n) is 26.7. The summed E-state index contributed by atoms with van der Waals surface area (Å²) < 4.78 is 96.7. The van der Waals surface area contributed by atoms with E-state index in [-0.39, 0.29) is 46.3 Å². The van der Waals surface area contributed by atoms with Crippen LogP contribution in [-0.2, 0) is 18.8 Å². The zero-order chi connectivity index (χ0) is 37.3. The maximum Gasteiger partial charge on any atom is 0.419 e. The minimum atomic E-state index is -4.95. The van der Waals surface area contributed by atoms with Crippen molar-refractivity contribution in [2.24, 2.45) is 0 Å². The average molecular weight is 721 g/mol. The molecule has 1 unspecified atom stereocenters. The highest BCUT2D eigenvalue weighted by atomic mass is 32.1. The van der Waals surface area contributed by atoms with E-state index in [1.54, 1.807) is 37.3 Å². The second kappa shape index (κ2) is 12.2. The summed E-state index contributed by atoms with van der Waals surface area (Å²) in [7, 11) is 0. The van der Waals surface area contributed by atoms with Crippen molar-refractivity contribution in [1.29, 1.82) is 21.0 Å². The van der Waals surface area contributed by atoms with Crippen LogP contribution in [0.2, 0.25) is 0 Å². The summed E-state index contributed by atoms with van der Waals surface area (Å²) in [5.41, 5.74) is 2.10. The number of nitriles is 4. The number of thiophene rings is 1. The highest BCUT2D eigenvalue weighted by Gasteiger charge is 2.42. The van der Waals surface area contributed by atoms with Gasteiger partial charge in [-0.15, -0.1) is 11.3 Å². The first-order valence-electron chi connectivity index (χ1n) is 15.7. The van der Waals surface area contributed by atoms with Gasteiger partial charge in [-0.3, -0.25) is 0 Å². The lowest BCUT2D eigenvalue weighted by Gasteiger charge is -2.22. The molecule has 1 aromatic heterocycles. The van der Waals surface area contributed by atoms with Gasteiger partial charge in [-0.2, -0.15) is 47.4 Å². The molecule has 0 aliphatic heterocycles. The Morgan fingerprint density at radius 1 is 0.731 bits per heavy atom. The molecule has 1 heterocycles. The standard InChI is InChI=1S/C40H19F7N4S/c1-2-19-3-4-22(13-30(19)39(42,43)44)20-5-8-26-28(11-20)33(24(15-48)16-49)37-35(26)36-27-9-6-21(23-7-10-32(41)31(14-23)40(45,46)47)12-29(27)34(38(36)52-37)25(17-50)18-51/h3-10,12-14,20H,2,11H2,1H3. The molecule has 12 heteroatoms. The molecule has 0 saturated carbocycles. The maximum absolute atomic E-state index is 14.1. The fourth-order valence-electron chi connectivity index (χ4n) is 7.22. The van der Waals surface area contributed by atoms with E-state index in [0.717, 1.165) is 23.5 Å². The molecule has 1 atom stereocenters. The second-order valence-electron chi connectivity index (χ2n) is 12.2. The van der Waals surface area contributed by atoms with E-state index >= 15 is 0 Å². The molecule has 3 aliphatic rings. The minimum Gasteiger partial charge on any atom is -0.206 e. The first-order chi connectivity index (χ1) is 24.7. The summed E-state index contributed by atoms with van der Waals surface area (Å²) in [5, 5.41) is 40.1. The van der Waals surface area contributed by atoms with Gasteiger partial charge in [0.15, 0.2) is 0 Å². The molecule has 0 saturated heterocycles. The third-order valence-electron chi connectivity index (χ3n) is 9.54. The maximum atomic E-state index is 14.1. The monoisotopic (exact) mass is 720 g/mol. The van der Waals surface area contributed by atoms with Crippen LogP contribution in [0.3, 0.4) is 0 Å². The van der Waals surface area contributed by atoms with Crippen LogP contribution >= 0.6 is 11.3 Å². The van der Waals surface area contributed by atoms with Gasteiger partial charge in [0.05, 0.1) is 11.1 Å². The summed E-state index contributed by atoms with van der Waals surface area (Å²) in [5.74, 6) is -1.96. The van der Waals surface area contributed by atoms with Crippen LogP contribution in [0.4, 0.5) is 30.7 Å². The average Bonchev–Trinajstić information content (AvgIpc) is 3.74. The van der Waals surface area contributed by atoms with E-state index in [9.17, 15) is 51.8 Å². The van der Waals surface area contributed by atoms with Crippen molar-refractivity contribution in [2.75, 3.05) is 0 Å². The highest BCUT2D eigenvalue weighted by molar-refractivity contribution is 7.15. The van der Waals surface area contributed by atoms with E-state index < -0.39 is 35.2 Å². The molecule has 52 heavy (non-hydrogen) atoms. The van der Waals surface area contributed by atoms with Crippen LogP contribution in [0.5, 0.6) is 0 Å². The second-order valence-corrected chi connectivity index (χ2v) is 13.3. The molecular weight excluding hydrogens is 702 g/mol. The van der Waals surface area contributed by atoms with Gasteiger partial charge in [0.2, 0.25) is 0 Å². The summed E-state index contributed by atoms with van der Waals surface area (Å²) >= 11 is 1.14. The van der Waals surface area contributed by atoms with Gasteiger partial charge in [0.25, 0.3) is 0 Å². The predicted molar refractivity (Wildman–Crippen MR) is 180 cm³/mol. The molecule has 3 aliphatic carbocycles. The Labute approximate surface area is 296 Å². The fraction of sp³-hybridized carbons (Fsp3) is 0.150. The number of nitrogens with zero attached hydrogens (tertiary/aromatic N) is 4. The normalized spacial score (nSPS) is 15.6. The number of alkyl halides is 6. The van der Waals surface area contributed by atoms with E-state index in [1.807, 2.05) is 24.3 Å². The lowest BCUT2D eigenvalue weighted by Crippen LogP contribution is -2.11. The third kappa shape index (κ3) is 5.23. The molecule has 7 rings (SSSR count). The van der Waals surface area contributed by atoms with Crippen molar-refractivity contribution in [1.82, 2.24) is 0 Å². The van der Waals surface area contributed by atoms with Crippen molar-refractivity contribution in [3.05, 3.63) is 132 Å². The number of hydrogen-bond donors (Lipinski definition) is 0. The molecule has 0 spiro atoms. The summed E-state index contributed by atoms with van der Waals surface area (Å²) in [4.78, 5) is 0.997. The van der Waals surface area contributed by atoms with Gasteiger partial charge in [-0.1, -0.05) is 49.4 Å². The quantitative estimate of drug-likeness (QED) is 0.137. The topological polar surface area (TPSA) is 95.2 Å². The Morgan fingerprint density at radius 2 is 1.35 bits per heavy atom. The van der Waals surface area contributed by atoms with Crippen LogP contribution < -0.4 is 0 Å². The van der Waals surface area contributed by atoms with E-state index in [4.69, 9.17) is 0 Å². The number of halogens is 7. The first-order valence-corrected chi connectivity index (χ1v) is 16.5. The van der Waals surface area contributed by atoms with Crippen molar-refractivity contribution in [2.45, 2.75) is 38.0 Å². The lowest BCUT2D eigenvalue weighted by atomic mass is 9.82. The molecule has 0 N–H and O–H groups in total. The van der Waals surface area contributed by atoms with E-state index in [2.05, 4.69) is 0 Å². The van der Waals surface area contributed by atoms with Crippen molar-refractivity contribution < 1.29 is 30.7 Å². The number of rotatable bonds is 3. The molecule has 0 radical (unpaired) electrons. The number of hydrogen-bond acceptors (Lipinski definition) is 5. The Morgan fingerprint density at radius 3 is 1.98 bits per heavy atom. The van der Waals surface area contributed by atoms with Crippen molar-refractivity contribution in [3.63, 3.8) is 0 Å². The van der Waals surface area contributed by atoms with Crippen LogP contribution in [0, 0.1) is 51.1 Å². The van der Waals surface area contributed by atoms with Crippen LogP contribution in [0.25, 0.3) is 39.0 Å². The molecule has 3 aromatic carbocycles. The minimum absolute atomic E-state index is 0.0524. The van der Waals surface area contributed by atoms with Crippen LogP contribution in [0.15, 0.2) is 83.5 Å². The van der Waals surface area contributed by atoms with Crippen LogP contribution in [-0.4, -0.2) is 0 Å². The van der Waals surface area contributed by atoms with Gasteiger partial charge < -0.3 is 0 Å². The summed E-state index contributed by atoms with van der Waals surface area (Å²) in [6, 6.07) is 19.2. The van der Waals surface area contributed by atoms with Gasteiger partial charge in [0, 0.05) is 37.9 Å². The third-order valence-corrected chi connectivity index (χ3v) is 10.8. The number of fused-ring (bicyclic) bond motifs is 6. The molecule has 4 aromatic rings. The Kier molecular flexibility index (Phi) is 8.06. The predicted octanol–water partition coefficient (Wildman–Crippen LogP) is 11.3. The number of allylic oxidation sites excluding steroid dienone is 7. The number of benzene rings is 3. The smallest absolute Gasteiger partial charge is 0.206 e. The molecule has 0 fully saturated rings. The molecule has 254 valence electrons. The van der Waals surface area contributed by atoms with Gasteiger partial charge in [-0.05, 0) is 81.6 Å². The van der Waals surface area contributed by atoms with E-state index in [1.165, 1.54) is 18.2 Å². The fourth-order valence-corrected chi connectivity index (χ4v) is 8.69. The molecule has 4 nitrogen and oxygen atoms in total. The summed E-state index contributed by atoms with van der Waals surface area (Å²) in [6.07, 6.45) is -5.63. The molecule has 0 bridgehead atoms. The van der Waals surface area contributed by atoms with Gasteiger partial charge in [0.1, 0.15) is 41.2 Å². The molecule has 0 amide bonds. The summed E-state index contributed by atoms with van der Waals surface area (Å²) in [6.45, 7) is 1.64. The van der Waals surface area contributed by atoms with Gasteiger partial charge >= 0.3 is 12.4 Å². The van der Waals surface area contributed by atoms with Gasteiger partial charge in [-0.25, -0.2) is 4.39 Å². The van der Waals surface area contributed by atoms with Crippen molar-refractivity contribution >= 4 is 28.1 Å².